The molecule has 0 saturated carbocycles. The quantitative estimate of drug-likeness (QED) is 0.753. The zero-order valence-corrected chi connectivity index (χ0v) is 14.9. The number of halogens is 1. The summed E-state index contributed by atoms with van der Waals surface area (Å²) in [6.45, 7) is 3.35. The maximum atomic E-state index is 12.4. The number of rotatable bonds is 4. The highest BCUT2D eigenvalue weighted by Gasteiger charge is 2.16. The minimum atomic E-state index is -0.119. The summed E-state index contributed by atoms with van der Waals surface area (Å²) in [7, 11) is 0. The lowest BCUT2D eigenvalue weighted by molar-refractivity contribution is 0.174. The van der Waals surface area contributed by atoms with Gasteiger partial charge >= 0.3 is 6.03 Å². The normalized spacial score (nSPS) is 12.1. The highest BCUT2D eigenvalue weighted by atomic mass is 127. The van der Waals surface area contributed by atoms with Gasteiger partial charge in [-0.1, -0.05) is 6.07 Å². The highest BCUT2D eigenvalue weighted by molar-refractivity contribution is 14.1. The molecule has 0 aromatic heterocycles. The minimum absolute atomic E-state index is 0.119. The Hall–Kier alpha value is -1.96. The third-order valence-electron chi connectivity index (χ3n) is 3.57. The third-order valence-corrected chi connectivity index (χ3v) is 4.29. The van der Waals surface area contributed by atoms with E-state index in [4.69, 9.17) is 9.47 Å². The number of benzene rings is 2. The molecule has 0 aliphatic carbocycles. The average molecular weight is 424 g/mol. The second kappa shape index (κ2) is 7.08. The lowest BCUT2D eigenvalue weighted by Gasteiger charge is -2.21. The summed E-state index contributed by atoms with van der Waals surface area (Å²) in [5.41, 5.74) is 1.80. The van der Waals surface area contributed by atoms with E-state index in [0.717, 1.165) is 26.3 Å². The van der Waals surface area contributed by atoms with Crippen molar-refractivity contribution in [3.63, 3.8) is 0 Å². The molecular weight excluding hydrogens is 407 g/mol. The van der Waals surface area contributed by atoms with Gasteiger partial charge < -0.3 is 19.7 Å². The first kappa shape index (κ1) is 15.9. The van der Waals surface area contributed by atoms with Crippen molar-refractivity contribution in [1.82, 2.24) is 4.90 Å². The molecule has 6 heteroatoms. The monoisotopic (exact) mass is 424 g/mol. The van der Waals surface area contributed by atoms with Crippen molar-refractivity contribution in [2.45, 2.75) is 13.5 Å². The maximum Gasteiger partial charge on any atom is 0.322 e. The molecule has 2 aromatic carbocycles. The van der Waals surface area contributed by atoms with Crippen molar-refractivity contribution in [2.75, 3.05) is 18.7 Å². The van der Waals surface area contributed by atoms with Crippen LogP contribution in [0.4, 0.5) is 10.5 Å². The zero-order chi connectivity index (χ0) is 16.2. The number of nitrogens with one attached hydrogen (secondary N) is 1. The fraction of sp³-hybridized carbons (Fsp3) is 0.235. The smallest absolute Gasteiger partial charge is 0.322 e. The van der Waals surface area contributed by atoms with Crippen molar-refractivity contribution in [3.8, 4) is 11.5 Å². The fourth-order valence-electron chi connectivity index (χ4n) is 2.32. The van der Waals surface area contributed by atoms with Crippen molar-refractivity contribution in [1.29, 1.82) is 0 Å². The molecule has 5 nitrogen and oxygen atoms in total. The van der Waals surface area contributed by atoms with E-state index in [2.05, 4.69) is 27.9 Å². The summed E-state index contributed by atoms with van der Waals surface area (Å²) in [5, 5.41) is 2.92. The van der Waals surface area contributed by atoms with Gasteiger partial charge in [0.25, 0.3) is 0 Å². The Morgan fingerprint density at radius 3 is 2.65 bits per heavy atom. The SMILES string of the molecule is CCN(Cc1ccc2c(c1)OCO2)C(=O)Nc1ccc(I)cc1. The van der Waals surface area contributed by atoms with Crippen molar-refractivity contribution in [2.24, 2.45) is 0 Å². The van der Waals surface area contributed by atoms with E-state index >= 15 is 0 Å². The van der Waals surface area contributed by atoms with Crippen LogP contribution in [0.2, 0.25) is 0 Å². The Bertz CT molecular complexity index is 703. The molecule has 120 valence electrons. The van der Waals surface area contributed by atoms with E-state index in [0.29, 0.717) is 13.1 Å². The molecule has 0 unspecified atom stereocenters. The van der Waals surface area contributed by atoms with Gasteiger partial charge in [-0.3, -0.25) is 0 Å². The predicted octanol–water partition coefficient (Wildman–Crippen LogP) is 4.07. The molecular formula is C17H17IN2O3. The number of carbonyl (C=O) groups is 1. The van der Waals surface area contributed by atoms with Crippen LogP contribution < -0.4 is 14.8 Å². The number of anilines is 1. The molecule has 0 bridgehead atoms. The van der Waals surface area contributed by atoms with Crippen molar-refractivity contribution < 1.29 is 14.3 Å². The molecule has 1 N–H and O–H groups in total. The lowest BCUT2D eigenvalue weighted by Crippen LogP contribution is -2.34. The second-order valence-corrected chi connectivity index (χ2v) is 6.38. The first-order chi connectivity index (χ1) is 11.2. The largest absolute Gasteiger partial charge is 0.454 e. The van der Waals surface area contributed by atoms with Crippen molar-refractivity contribution >= 4 is 34.3 Å². The van der Waals surface area contributed by atoms with Gasteiger partial charge in [0.05, 0.1) is 0 Å². The van der Waals surface area contributed by atoms with E-state index in [1.54, 1.807) is 4.90 Å². The first-order valence-electron chi connectivity index (χ1n) is 7.35. The Morgan fingerprint density at radius 2 is 1.91 bits per heavy atom. The molecule has 2 aromatic rings. The van der Waals surface area contributed by atoms with Crippen LogP contribution in [0.25, 0.3) is 0 Å². The Kier molecular flexibility index (Phi) is 4.90. The van der Waals surface area contributed by atoms with E-state index in [9.17, 15) is 4.79 Å². The molecule has 1 aliphatic rings. The van der Waals surface area contributed by atoms with Crippen LogP contribution in [0.1, 0.15) is 12.5 Å². The maximum absolute atomic E-state index is 12.4. The third kappa shape index (κ3) is 3.87. The van der Waals surface area contributed by atoms with Gasteiger partial charge in [0.2, 0.25) is 6.79 Å². The molecule has 1 heterocycles. The molecule has 3 rings (SSSR count). The summed E-state index contributed by atoms with van der Waals surface area (Å²) in [6, 6.07) is 13.3. The second-order valence-electron chi connectivity index (χ2n) is 5.14. The number of urea groups is 1. The summed E-state index contributed by atoms with van der Waals surface area (Å²) >= 11 is 2.24. The Balaban J connectivity index is 1.67. The molecule has 0 radical (unpaired) electrons. The molecule has 0 spiro atoms. The molecule has 1 aliphatic heterocycles. The van der Waals surface area contributed by atoms with Crippen LogP contribution in [-0.2, 0) is 6.54 Å². The van der Waals surface area contributed by atoms with Gasteiger partial charge in [0.15, 0.2) is 11.5 Å². The van der Waals surface area contributed by atoms with E-state index in [-0.39, 0.29) is 12.8 Å². The van der Waals surface area contributed by atoms with Gasteiger partial charge in [-0.15, -0.1) is 0 Å². The Morgan fingerprint density at radius 1 is 1.17 bits per heavy atom. The number of hydrogen-bond acceptors (Lipinski definition) is 3. The molecule has 2 amide bonds. The average Bonchev–Trinajstić information content (AvgIpc) is 3.02. The van der Waals surface area contributed by atoms with Gasteiger partial charge in [0, 0.05) is 22.3 Å². The molecule has 23 heavy (non-hydrogen) atoms. The standard InChI is InChI=1S/C17H17IN2O3/c1-2-20(17(21)19-14-6-4-13(18)5-7-14)10-12-3-8-15-16(9-12)23-11-22-15/h3-9H,2,10-11H2,1H3,(H,19,21). The Labute approximate surface area is 148 Å². The molecule has 0 fully saturated rings. The molecule has 0 atom stereocenters. The zero-order valence-electron chi connectivity index (χ0n) is 12.7. The number of carbonyl (C=O) groups excluding carboxylic acids is 1. The number of fused-ring (bicyclic) bond motifs is 1. The first-order valence-corrected chi connectivity index (χ1v) is 8.43. The van der Waals surface area contributed by atoms with Crippen molar-refractivity contribution in [3.05, 3.63) is 51.6 Å². The van der Waals surface area contributed by atoms with Gasteiger partial charge in [-0.05, 0) is 71.5 Å². The summed E-state index contributed by atoms with van der Waals surface area (Å²) in [5.74, 6) is 1.48. The lowest BCUT2D eigenvalue weighted by atomic mass is 10.2. The van der Waals surface area contributed by atoms with E-state index in [1.165, 1.54) is 0 Å². The highest BCUT2D eigenvalue weighted by Crippen LogP contribution is 2.32. The van der Waals surface area contributed by atoms with Crippen LogP contribution in [0.3, 0.4) is 0 Å². The van der Waals surface area contributed by atoms with Gasteiger partial charge in [0.1, 0.15) is 0 Å². The van der Waals surface area contributed by atoms with Gasteiger partial charge in [-0.2, -0.15) is 0 Å². The summed E-state index contributed by atoms with van der Waals surface area (Å²) in [6.07, 6.45) is 0. The van der Waals surface area contributed by atoms with E-state index < -0.39 is 0 Å². The summed E-state index contributed by atoms with van der Waals surface area (Å²) < 4.78 is 11.8. The van der Waals surface area contributed by atoms with Gasteiger partial charge in [-0.25, -0.2) is 4.79 Å². The van der Waals surface area contributed by atoms with Crippen LogP contribution in [0.15, 0.2) is 42.5 Å². The van der Waals surface area contributed by atoms with Crippen LogP contribution in [0.5, 0.6) is 11.5 Å². The van der Waals surface area contributed by atoms with Crippen LogP contribution in [-0.4, -0.2) is 24.3 Å². The van der Waals surface area contributed by atoms with Crippen LogP contribution >= 0.6 is 22.6 Å². The topological polar surface area (TPSA) is 50.8 Å². The number of nitrogens with zero attached hydrogens (tertiary/aromatic N) is 1. The van der Waals surface area contributed by atoms with Crippen LogP contribution in [0, 0.1) is 3.57 Å². The number of hydrogen-bond donors (Lipinski definition) is 1. The predicted molar refractivity (Wildman–Crippen MR) is 96.8 cm³/mol. The fourth-order valence-corrected chi connectivity index (χ4v) is 2.68. The summed E-state index contributed by atoms with van der Waals surface area (Å²) in [4.78, 5) is 14.2. The number of ether oxygens (including phenoxy) is 2. The van der Waals surface area contributed by atoms with E-state index in [1.807, 2.05) is 49.4 Å². The molecule has 0 saturated heterocycles. The number of amides is 2. The minimum Gasteiger partial charge on any atom is -0.454 e.